The molecular weight excluding hydrogens is 232 g/mol. The van der Waals surface area contributed by atoms with Gasteiger partial charge in [-0.2, -0.15) is 0 Å². The van der Waals surface area contributed by atoms with Gasteiger partial charge in [0.15, 0.2) is 0 Å². The monoisotopic (exact) mass is 258 g/mol. The van der Waals surface area contributed by atoms with E-state index in [4.69, 9.17) is 0 Å². The first-order valence-electron chi connectivity index (χ1n) is 7.20. The molecule has 2 atom stereocenters. The molecule has 1 fully saturated rings. The van der Waals surface area contributed by atoms with Crippen LogP contribution in [0.2, 0.25) is 0 Å². The maximum Gasteiger partial charge on any atom is 0.0561 e. The number of hydrogen-bond acceptors (Lipinski definition) is 2. The minimum atomic E-state index is 0.0458. The minimum absolute atomic E-state index is 0.0458. The van der Waals surface area contributed by atoms with Crippen LogP contribution in [0.3, 0.4) is 0 Å². The first-order valence-corrected chi connectivity index (χ1v) is 7.20. The molecule has 1 aromatic rings. The van der Waals surface area contributed by atoms with Gasteiger partial charge in [0, 0.05) is 25.2 Å². The normalized spacial score (nSPS) is 32.2. The molecule has 1 heterocycles. The molecule has 1 saturated heterocycles. The lowest BCUT2D eigenvalue weighted by Crippen LogP contribution is -2.66. The van der Waals surface area contributed by atoms with Crippen LogP contribution < -0.4 is 5.32 Å². The van der Waals surface area contributed by atoms with Crippen molar-refractivity contribution in [3.8, 4) is 0 Å². The predicted octanol–water partition coefficient (Wildman–Crippen LogP) is 3.16. The third kappa shape index (κ3) is 2.75. The molecule has 2 rings (SSSR count). The fourth-order valence-electron chi connectivity index (χ4n) is 2.89. The molecule has 0 bridgehead atoms. The van der Waals surface area contributed by atoms with E-state index in [1.807, 2.05) is 6.08 Å². The van der Waals surface area contributed by atoms with Gasteiger partial charge in [0.1, 0.15) is 0 Å². The van der Waals surface area contributed by atoms with Crippen LogP contribution in [0.15, 0.2) is 43.0 Å². The molecule has 104 valence electrons. The second-order valence-corrected chi connectivity index (χ2v) is 6.08. The predicted molar refractivity (Wildman–Crippen MR) is 82.3 cm³/mol. The second-order valence-electron chi connectivity index (χ2n) is 6.08. The van der Waals surface area contributed by atoms with Crippen molar-refractivity contribution >= 4 is 0 Å². The Morgan fingerprint density at radius 1 is 1.32 bits per heavy atom. The van der Waals surface area contributed by atoms with Gasteiger partial charge < -0.3 is 5.32 Å². The number of piperazine rings is 1. The van der Waals surface area contributed by atoms with Gasteiger partial charge in [-0.1, -0.05) is 43.3 Å². The summed E-state index contributed by atoms with van der Waals surface area (Å²) in [5.74, 6) is 0. The lowest BCUT2D eigenvalue weighted by molar-refractivity contribution is 0.0267. The van der Waals surface area contributed by atoms with E-state index in [9.17, 15) is 0 Å². The van der Waals surface area contributed by atoms with Gasteiger partial charge >= 0.3 is 0 Å². The van der Waals surface area contributed by atoms with Crippen LogP contribution >= 0.6 is 0 Å². The molecule has 1 aliphatic rings. The number of benzene rings is 1. The Kier molecular flexibility index (Phi) is 4.12. The first-order chi connectivity index (χ1) is 9.04. The first kappa shape index (κ1) is 14.3. The second kappa shape index (κ2) is 5.48. The summed E-state index contributed by atoms with van der Waals surface area (Å²) in [5.41, 5.74) is 1.63. The standard InChI is InChI=1S/C17H26N2/c1-5-12-19-14-16(3,6-2)18-13-17(19,4)15-10-8-7-9-11-15/h5,7-11,18H,1,6,12-14H2,2-4H3. The van der Waals surface area contributed by atoms with E-state index >= 15 is 0 Å². The third-order valence-corrected chi connectivity index (χ3v) is 4.62. The molecule has 0 aromatic heterocycles. The van der Waals surface area contributed by atoms with Crippen molar-refractivity contribution in [2.75, 3.05) is 19.6 Å². The zero-order valence-electron chi connectivity index (χ0n) is 12.4. The Bertz CT molecular complexity index is 428. The summed E-state index contributed by atoms with van der Waals surface area (Å²) in [6.07, 6.45) is 3.16. The van der Waals surface area contributed by atoms with Gasteiger partial charge in [-0.15, -0.1) is 6.58 Å². The van der Waals surface area contributed by atoms with Crippen LogP contribution in [0.5, 0.6) is 0 Å². The fourth-order valence-corrected chi connectivity index (χ4v) is 2.89. The van der Waals surface area contributed by atoms with Crippen molar-refractivity contribution in [1.82, 2.24) is 10.2 Å². The van der Waals surface area contributed by atoms with E-state index in [-0.39, 0.29) is 11.1 Å². The highest BCUT2D eigenvalue weighted by molar-refractivity contribution is 5.26. The van der Waals surface area contributed by atoms with Crippen LogP contribution in [-0.4, -0.2) is 30.1 Å². The molecule has 0 radical (unpaired) electrons. The topological polar surface area (TPSA) is 15.3 Å². The average Bonchev–Trinajstić information content (AvgIpc) is 2.45. The van der Waals surface area contributed by atoms with Gasteiger partial charge in [0.25, 0.3) is 0 Å². The lowest BCUT2D eigenvalue weighted by atomic mass is 9.82. The Balaban J connectivity index is 2.31. The van der Waals surface area contributed by atoms with Crippen molar-refractivity contribution < 1.29 is 0 Å². The van der Waals surface area contributed by atoms with Gasteiger partial charge in [0.05, 0.1) is 5.54 Å². The summed E-state index contributed by atoms with van der Waals surface area (Å²) in [5, 5.41) is 3.75. The lowest BCUT2D eigenvalue weighted by Gasteiger charge is -2.52. The number of nitrogens with zero attached hydrogens (tertiary/aromatic N) is 1. The molecule has 0 spiro atoms. The number of hydrogen-bond donors (Lipinski definition) is 1. The third-order valence-electron chi connectivity index (χ3n) is 4.62. The quantitative estimate of drug-likeness (QED) is 0.835. The van der Waals surface area contributed by atoms with E-state index in [1.54, 1.807) is 0 Å². The summed E-state index contributed by atoms with van der Waals surface area (Å²) in [7, 11) is 0. The van der Waals surface area contributed by atoms with Gasteiger partial charge in [-0.3, -0.25) is 4.90 Å². The van der Waals surface area contributed by atoms with Crippen LogP contribution in [0.25, 0.3) is 0 Å². The molecule has 19 heavy (non-hydrogen) atoms. The Morgan fingerprint density at radius 3 is 2.58 bits per heavy atom. The molecular formula is C17H26N2. The Hall–Kier alpha value is -1.12. The Morgan fingerprint density at radius 2 is 2.00 bits per heavy atom. The highest BCUT2D eigenvalue weighted by Crippen LogP contribution is 2.33. The molecule has 1 aromatic carbocycles. The Labute approximate surface area is 117 Å². The summed E-state index contributed by atoms with van der Waals surface area (Å²) >= 11 is 0. The maximum absolute atomic E-state index is 3.93. The van der Waals surface area contributed by atoms with Crippen LogP contribution in [0.1, 0.15) is 32.8 Å². The minimum Gasteiger partial charge on any atom is -0.308 e. The summed E-state index contributed by atoms with van der Waals surface area (Å²) in [6.45, 7) is 13.8. The maximum atomic E-state index is 3.93. The number of nitrogens with one attached hydrogen (secondary N) is 1. The fraction of sp³-hybridized carbons (Fsp3) is 0.529. The molecule has 0 aliphatic carbocycles. The van der Waals surface area contributed by atoms with E-state index in [0.29, 0.717) is 0 Å². The average molecular weight is 258 g/mol. The molecule has 2 nitrogen and oxygen atoms in total. The molecule has 2 unspecified atom stereocenters. The zero-order chi connectivity index (χ0) is 13.9. The molecule has 0 saturated carbocycles. The van der Waals surface area contributed by atoms with Crippen molar-refractivity contribution in [2.24, 2.45) is 0 Å². The summed E-state index contributed by atoms with van der Waals surface area (Å²) in [6, 6.07) is 10.8. The van der Waals surface area contributed by atoms with E-state index in [1.165, 1.54) is 5.56 Å². The van der Waals surface area contributed by atoms with Crippen LogP contribution in [0.4, 0.5) is 0 Å². The molecule has 1 aliphatic heterocycles. The van der Waals surface area contributed by atoms with Crippen molar-refractivity contribution in [2.45, 2.75) is 38.3 Å². The van der Waals surface area contributed by atoms with E-state index in [2.05, 4.69) is 67.9 Å². The summed E-state index contributed by atoms with van der Waals surface area (Å²) < 4.78 is 0. The highest BCUT2D eigenvalue weighted by atomic mass is 15.3. The van der Waals surface area contributed by atoms with Crippen molar-refractivity contribution in [3.05, 3.63) is 48.6 Å². The molecule has 2 heteroatoms. The van der Waals surface area contributed by atoms with Crippen LogP contribution in [-0.2, 0) is 5.54 Å². The SMILES string of the molecule is C=CCN1CC(C)(CC)NCC1(C)c1ccccc1. The summed E-state index contributed by atoms with van der Waals surface area (Å²) in [4.78, 5) is 2.55. The van der Waals surface area contributed by atoms with Gasteiger partial charge in [-0.05, 0) is 25.8 Å². The van der Waals surface area contributed by atoms with E-state index < -0.39 is 0 Å². The smallest absolute Gasteiger partial charge is 0.0561 e. The van der Waals surface area contributed by atoms with Crippen LogP contribution in [0, 0.1) is 0 Å². The van der Waals surface area contributed by atoms with Gasteiger partial charge in [-0.25, -0.2) is 0 Å². The number of rotatable bonds is 4. The van der Waals surface area contributed by atoms with Crippen molar-refractivity contribution in [1.29, 1.82) is 0 Å². The molecule has 1 N–H and O–H groups in total. The van der Waals surface area contributed by atoms with E-state index in [0.717, 1.165) is 26.1 Å². The van der Waals surface area contributed by atoms with Gasteiger partial charge in [0.2, 0.25) is 0 Å². The molecule has 0 amide bonds. The highest BCUT2D eigenvalue weighted by Gasteiger charge is 2.42. The largest absolute Gasteiger partial charge is 0.308 e. The zero-order valence-corrected chi connectivity index (χ0v) is 12.4. The van der Waals surface area contributed by atoms with Crippen molar-refractivity contribution in [3.63, 3.8) is 0 Å².